The minimum Gasteiger partial charge on any atom is -0.385 e. The highest BCUT2D eigenvalue weighted by molar-refractivity contribution is 6.33. The van der Waals surface area contributed by atoms with E-state index < -0.39 is 96.0 Å². The van der Waals surface area contributed by atoms with Gasteiger partial charge in [0, 0.05) is 50.8 Å². The maximum atomic E-state index is 14.4. The minimum atomic E-state index is -4.83. The molecule has 3 rings (SSSR count). The third-order valence-electron chi connectivity index (χ3n) is 11.6. The number of hydrogen-bond donors (Lipinski definition) is 5. The summed E-state index contributed by atoms with van der Waals surface area (Å²) in [6.45, 7) is 4.95. The van der Waals surface area contributed by atoms with Crippen LogP contribution in [-0.2, 0) is 44.7 Å². The number of amides is 7. The lowest BCUT2D eigenvalue weighted by atomic mass is 9.72. The number of ether oxygens (including phenoxy) is 1. The molecule has 2 fully saturated rings. The maximum Gasteiger partial charge on any atom is 0.403 e. The molecule has 0 aromatic heterocycles. The molecule has 1 saturated heterocycles. The maximum absolute atomic E-state index is 14.4. The Morgan fingerprint density at radius 3 is 2.27 bits per heavy atom. The fourth-order valence-electron chi connectivity index (χ4n) is 7.82. The predicted octanol–water partition coefficient (Wildman–Crippen LogP) is 4.07. The van der Waals surface area contributed by atoms with Gasteiger partial charge in [-0.1, -0.05) is 63.2 Å². The molecule has 0 spiro atoms. The van der Waals surface area contributed by atoms with Gasteiger partial charge in [0.15, 0.2) is 0 Å². The van der Waals surface area contributed by atoms with Gasteiger partial charge in [-0.15, -0.1) is 0 Å². The molecule has 1 aliphatic heterocycles. The largest absolute Gasteiger partial charge is 0.403 e. The van der Waals surface area contributed by atoms with Gasteiger partial charge in [0.25, 0.3) is 0 Å². The second-order valence-electron chi connectivity index (χ2n) is 16.5. The van der Waals surface area contributed by atoms with E-state index in [2.05, 4.69) is 26.6 Å². The SMILES string of the molecule is CC[C@H](NC(=O)C1(C(F)(F)F)CCCCC1)C(=O)N[C@@H](CCOC)C(=O)N(C)[C@H]1CCCCNC(=O)CNC(=O)[C@H](Cc2cc(Cl)ccc2Cl)N(C)C(=O)[C@H](CC(C)C)NC1=O. The smallest absolute Gasteiger partial charge is 0.385 e. The molecule has 15 nitrogen and oxygen atoms in total. The van der Waals surface area contributed by atoms with Gasteiger partial charge in [0.2, 0.25) is 41.4 Å². The summed E-state index contributed by atoms with van der Waals surface area (Å²) >= 11 is 12.7. The number of hydrogen-bond acceptors (Lipinski definition) is 8. The van der Waals surface area contributed by atoms with Crippen LogP contribution >= 0.6 is 23.2 Å². The van der Waals surface area contributed by atoms with Crippen molar-refractivity contribution >= 4 is 64.6 Å². The van der Waals surface area contributed by atoms with Crippen LogP contribution in [-0.4, -0.2) is 128 Å². The van der Waals surface area contributed by atoms with Gasteiger partial charge >= 0.3 is 6.18 Å². The molecule has 1 aromatic rings. The molecule has 0 radical (unpaired) electrons. The first-order valence-electron chi connectivity index (χ1n) is 21.2. The van der Waals surface area contributed by atoms with Crippen LogP contribution in [0.5, 0.6) is 0 Å². The van der Waals surface area contributed by atoms with Crippen LogP contribution in [0, 0.1) is 11.3 Å². The molecule has 1 aliphatic carbocycles. The van der Waals surface area contributed by atoms with Crippen LogP contribution in [0.25, 0.3) is 0 Å². The van der Waals surface area contributed by atoms with Gasteiger partial charge < -0.3 is 41.1 Å². The molecular weight excluding hydrogens is 858 g/mol. The Morgan fingerprint density at radius 1 is 0.984 bits per heavy atom. The second kappa shape index (κ2) is 24.1. The van der Waals surface area contributed by atoms with E-state index in [9.17, 15) is 46.7 Å². The van der Waals surface area contributed by atoms with Gasteiger partial charge in [-0.2, -0.15) is 13.2 Å². The van der Waals surface area contributed by atoms with Crippen molar-refractivity contribution in [1.29, 1.82) is 0 Å². The number of likely N-dealkylation sites (N-methyl/N-ethyl adjacent to an activating group) is 2. The Bertz CT molecular complexity index is 1750. The zero-order valence-corrected chi connectivity index (χ0v) is 37.9. The van der Waals surface area contributed by atoms with Crippen molar-refractivity contribution in [3.05, 3.63) is 33.8 Å². The van der Waals surface area contributed by atoms with Crippen LogP contribution in [0.1, 0.15) is 97.0 Å². The number of alkyl halides is 3. The summed E-state index contributed by atoms with van der Waals surface area (Å²) in [4.78, 5) is 98.7. The van der Waals surface area contributed by atoms with E-state index in [1.165, 1.54) is 33.0 Å². The topological polar surface area (TPSA) is 195 Å². The highest BCUT2D eigenvalue weighted by Gasteiger charge is 2.60. The Morgan fingerprint density at radius 2 is 1.66 bits per heavy atom. The molecule has 5 N–H and O–H groups in total. The molecule has 2 aliphatic rings. The van der Waals surface area contributed by atoms with Crippen molar-refractivity contribution in [1.82, 2.24) is 36.4 Å². The minimum absolute atomic E-state index is 0.0339. The predicted molar refractivity (Wildman–Crippen MR) is 227 cm³/mol. The fraction of sp³-hybridized carbons (Fsp3) is 0.690. The first-order chi connectivity index (χ1) is 29.2. The van der Waals surface area contributed by atoms with Crippen molar-refractivity contribution in [2.24, 2.45) is 11.3 Å². The molecule has 1 heterocycles. The fourth-order valence-corrected chi connectivity index (χ4v) is 8.21. The average molecular weight is 921 g/mol. The van der Waals surface area contributed by atoms with E-state index in [0.29, 0.717) is 34.9 Å². The van der Waals surface area contributed by atoms with Gasteiger partial charge in [-0.05, 0) is 81.0 Å². The molecule has 1 aromatic carbocycles. The number of methoxy groups -OCH3 is 1. The van der Waals surface area contributed by atoms with Crippen molar-refractivity contribution < 1.29 is 51.5 Å². The quantitative estimate of drug-likeness (QED) is 0.184. The first kappa shape index (κ1) is 52.2. The average Bonchev–Trinajstić information content (AvgIpc) is 3.22. The molecule has 7 amide bonds. The van der Waals surface area contributed by atoms with Crippen molar-refractivity contribution in [3.8, 4) is 0 Å². The lowest BCUT2D eigenvalue weighted by molar-refractivity contribution is -0.230. The monoisotopic (exact) mass is 919 g/mol. The van der Waals surface area contributed by atoms with Crippen LogP contribution in [0.2, 0.25) is 10.0 Å². The van der Waals surface area contributed by atoms with Crippen molar-refractivity contribution in [2.75, 3.05) is 40.9 Å². The van der Waals surface area contributed by atoms with Gasteiger partial charge in [-0.3, -0.25) is 33.6 Å². The van der Waals surface area contributed by atoms with E-state index in [0.717, 1.165) is 4.90 Å². The summed E-state index contributed by atoms with van der Waals surface area (Å²) in [5.41, 5.74) is -2.18. The zero-order valence-electron chi connectivity index (χ0n) is 36.4. The highest BCUT2D eigenvalue weighted by Crippen LogP contribution is 2.49. The number of nitrogens with one attached hydrogen (secondary N) is 5. The van der Waals surface area contributed by atoms with E-state index in [-0.39, 0.29) is 70.6 Å². The third-order valence-corrected chi connectivity index (χ3v) is 12.2. The second-order valence-corrected chi connectivity index (χ2v) is 17.4. The van der Waals surface area contributed by atoms with Crippen molar-refractivity contribution in [3.63, 3.8) is 0 Å². The lowest BCUT2D eigenvalue weighted by Crippen LogP contribution is -2.61. The molecule has 1 saturated carbocycles. The van der Waals surface area contributed by atoms with E-state index >= 15 is 0 Å². The van der Waals surface area contributed by atoms with Crippen LogP contribution in [0.4, 0.5) is 13.2 Å². The summed E-state index contributed by atoms with van der Waals surface area (Å²) in [5, 5.41) is 13.6. The van der Waals surface area contributed by atoms with E-state index in [4.69, 9.17) is 27.9 Å². The molecular formula is C42H62Cl2F3N7O8. The molecule has 348 valence electrons. The zero-order chi connectivity index (χ0) is 46.4. The molecule has 5 atom stereocenters. The van der Waals surface area contributed by atoms with Gasteiger partial charge in [0.05, 0.1) is 6.54 Å². The van der Waals surface area contributed by atoms with Crippen LogP contribution in [0.15, 0.2) is 18.2 Å². The number of carbonyl (C=O) groups excluding carboxylic acids is 7. The van der Waals surface area contributed by atoms with Gasteiger partial charge in [-0.25, -0.2) is 0 Å². The van der Waals surface area contributed by atoms with E-state index in [1.807, 2.05) is 13.8 Å². The Balaban J connectivity index is 1.94. The van der Waals surface area contributed by atoms with Crippen LogP contribution < -0.4 is 26.6 Å². The summed E-state index contributed by atoms with van der Waals surface area (Å²) in [6.07, 6.45) is -4.05. The van der Waals surface area contributed by atoms with Crippen molar-refractivity contribution in [2.45, 2.75) is 134 Å². The summed E-state index contributed by atoms with van der Waals surface area (Å²) in [7, 11) is 4.13. The Labute approximate surface area is 371 Å². The summed E-state index contributed by atoms with van der Waals surface area (Å²) < 4.78 is 48.2. The highest BCUT2D eigenvalue weighted by atomic mass is 35.5. The molecule has 0 unspecified atom stereocenters. The Hall–Kier alpha value is -4.16. The third kappa shape index (κ3) is 14.2. The van der Waals surface area contributed by atoms with E-state index in [1.54, 1.807) is 18.2 Å². The molecule has 0 bridgehead atoms. The van der Waals surface area contributed by atoms with Crippen LogP contribution in [0.3, 0.4) is 0 Å². The number of rotatable bonds is 14. The summed E-state index contributed by atoms with van der Waals surface area (Å²) in [6, 6.07) is -1.66. The number of benzene rings is 1. The standard InChI is InChI=1S/C42H62Cl2F3N7O8/c1-7-29(52-40(61)41(42(45,46)47)17-10-8-11-18-41)35(56)50-30(16-20-62-6)38(59)53(4)32-13-9-12-19-48-34(55)24-49-36(57)33(23-26-22-27(43)14-15-28(26)44)54(5)39(60)31(21-25(2)3)51-37(32)58/h14-15,22,25,29-33H,7-13,16-21,23-24H2,1-6H3,(H,48,55)(H,49,57)(H,50,56)(H,51,58)(H,52,61)/t29-,30-,31-,32-,33-/m0/s1. The summed E-state index contributed by atoms with van der Waals surface area (Å²) in [5.74, 6) is -5.54. The Kier molecular flexibility index (Phi) is 20.2. The number of nitrogens with zero attached hydrogens (tertiary/aromatic N) is 2. The number of carbonyl (C=O) groups is 7. The van der Waals surface area contributed by atoms with Gasteiger partial charge in [0.1, 0.15) is 35.6 Å². The normalized spacial score (nSPS) is 21.9. The molecule has 20 heteroatoms. The first-order valence-corrected chi connectivity index (χ1v) is 21.9. The molecule has 62 heavy (non-hydrogen) atoms. The lowest BCUT2D eigenvalue weighted by Gasteiger charge is -2.38. The number of halogens is 5.